The van der Waals surface area contributed by atoms with Gasteiger partial charge >= 0.3 is 0 Å². The molecule has 1 atom stereocenters. The van der Waals surface area contributed by atoms with E-state index < -0.39 is 0 Å². The van der Waals surface area contributed by atoms with E-state index in [1.807, 2.05) is 0 Å². The monoisotopic (exact) mass is 127 g/mol. The first-order chi connectivity index (χ1) is 4.04. The smallest absolute Gasteiger partial charge is 0.0329 e. The van der Waals surface area contributed by atoms with Crippen molar-refractivity contribution >= 4 is 0 Å². The van der Waals surface area contributed by atoms with E-state index >= 15 is 0 Å². The van der Waals surface area contributed by atoms with Crippen LogP contribution in [0.1, 0.15) is 41.0 Å². The van der Waals surface area contributed by atoms with E-state index in [0.29, 0.717) is 5.41 Å². The zero-order valence-electron chi connectivity index (χ0n) is 7.36. The molecular weight excluding hydrogens is 108 g/mol. The van der Waals surface area contributed by atoms with E-state index in [4.69, 9.17) is 0 Å². The van der Waals surface area contributed by atoms with Crippen molar-refractivity contribution in [3.05, 3.63) is 6.42 Å². The van der Waals surface area contributed by atoms with Crippen molar-refractivity contribution in [2.75, 3.05) is 0 Å². The summed E-state index contributed by atoms with van der Waals surface area (Å²) in [4.78, 5) is 0. The SMILES string of the molecule is C[CH]C(C)C(C)(C)CC. The Balaban J connectivity index is 3.80. The Morgan fingerprint density at radius 1 is 1.44 bits per heavy atom. The molecule has 0 rings (SSSR count). The molecule has 0 amide bonds. The van der Waals surface area contributed by atoms with E-state index in [-0.39, 0.29) is 0 Å². The van der Waals surface area contributed by atoms with Gasteiger partial charge in [0.1, 0.15) is 0 Å². The molecule has 0 N–H and O–H groups in total. The Hall–Kier alpha value is 0. The first-order valence-corrected chi connectivity index (χ1v) is 3.84. The Morgan fingerprint density at radius 2 is 1.89 bits per heavy atom. The number of hydrogen-bond acceptors (Lipinski definition) is 0. The van der Waals surface area contributed by atoms with Gasteiger partial charge in [0.25, 0.3) is 0 Å². The van der Waals surface area contributed by atoms with Gasteiger partial charge < -0.3 is 0 Å². The molecule has 0 nitrogen and oxygen atoms in total. The molecule has 0 bridgehead atoms. The summed E-state index contributed by atoms with van der Waals surface area (Å²) in [6, 6.07) is 0. The van der Waals surface area contributed by atoms with E-state index in [2.05, 4.69) is 41.0 Å². The van der Waals surface area contributed by atoms with Gasteiger partial charge in [-0.1, -0.05) is 41.0 Å². The second-order valence-corrected chi connectivity index (χ2v) is 3.46. The minimum Gasteiger partial charge on any atom is -0.0649 e. The van der Waals surface area contributed by atoms with Gasteiger partial charge in [-0.15, -0.1) is 0 Å². The van der Waals surface area contributed by atoms with Crippen LogP contribution >= 0.6 is 0 Å². The van der Waals surface area contributed by atoms with Crippen LogP contribution in [0.3, 0.4) is 0 Å². The molecule has 0 aliphatic carbocycles. The molecule has 1 unspecified atom stereocenters. The summed E-state index contributed by atoms with van der Waals surface area (Å²) in [7, 11) is 0. The highest BCUT2D eigenvalue weighted by atomic mass is 14.3. The van der Waals surface area contributed by atoms with Crippen LogP contribution in [0.2, 0.25) is 0 Å². The third-order valence-corrected chi connectivity index (χ3v) is 2.64. The molecule has 0 saturated heterocycles. The third kappa shape index (κ3) is 2.38. The summed E-state index contributed by atoms with van der Waals surface area (Å²) in [5.41, 5.74) is 0.495. The average molecular weight is 127 g/mol. The molecule has 0 aromatic heterocycles. The molecule has 0 aromatic rings. The minimum atomic E-state index is 0.495. The van der Waals surface area contributed by atoms with Gasteiger partial charge in [0.15, 0.2) is 0 Å². The number of rotatable bonds is 3. The highest BCUT2D eigenvalue weighted by molar-refractivity contribution is 4.80. The zero-order valence-corrected chi connectivity index (χ0v) is 7.36. The quantitative estimate of drug-likeness (QED) is 0.545. The topological polar surface area (TPSA) is 0 Å². The van der Waals surface area contributed by atoms with E-state index in [9.17, 15) is 0 Å². The molecule has 0 aliphatic heterocycles. The van der Waals surface area contributed by atoms with Gasteiger partial charge in [-0.2, -0.15) is 0 Å². The summed E-state index contributed by atoms with van der Waals surface area (Å²) in [5.74, 6) is 0.738. The summed E-state index contributed by atoms with van der Waals surface area (Å²) in [6.07, 6.45) is 3.54. The fraction of sp³-hybridized carbons (Fsp3) is 0.889. The maximum absolute atomic E-state index is 2.32. The third-order valence-electron chi connectivity index (χ3n) is 2.64. The normalized spacial score (nSPS) is 15.7. The van der Waals surface area contributed by atoms with Gasteiger partial charge in [-0.05, 0) is 17.8 Å². The van der Waals surface area contributed by atoms with Crippen LogP contribution in [-0.4, -0.2) is 0 Å². The first-order valence-electron chi connectivity index (χ1n) is 3.84. The fourth-order valence-electron chi connectivity index (χ4n) is 0.773. The second kappa shape index (κ2) is 3.24. The Labute approximate surface area is 59.7 Å². The van der Waals surface area contributed by atoms with Crippen LogP contribution in [0.5, 0.6) is 0 Å². The molecule has 1 radical (unpaired) electrons. The van der Waals surface area contributed by atoms with Crippen molar-refractivity contribution in [3.8, 4) is 0 Å². The Bertz CT molecular complexity index is 72.1. The number of hydrogen-bond donors (Lipinski definition) is 0. The van der Waals surface area contributed by atoms with Crippen molar-refractivity contribution in [3.63, 3.8) is 0 Å². The lowest BCUT2D eigenvalue weighted by molar-refractivity contribution is 0.251. The summed E-state index contributed by atoms with van der Waals surface area (Å²) >= 11 is 0. The second-order valence-electron chi connectivity index (χ2n) is 3.46. The van der Waals surface area contributed by atoms with Crippen LogP contribution in [0.4, 0.5) is 0 Å². The van der Waals surface area contributed by atoms with Crippen LogP contribution < -0.4 is 0 Å². The maximum Gasteiger partial charge on any atom is -0.0329 e. The lowest BCUT2D eigenvalue weighted by Crippen LogP contribution is -2.19. The molecule has 0 aromatic carbocycles. The summed E-state index contributed by atoms with van der Waals surface area (Å²) in [6.45, 7) is 11.3. The maximum atomic E-state index is 2.32. The first kappa shape index (κ1) is 9.00. The van der Waals surface area contributed by atoms with Crippen molar-refractivity contribution in [1.82, 2.24) is 0 Å². The van der Waals surface area contributed by atoms with Crippen molar-refractivity contribution in [2.45, 2.75) is 41.0 Å². The molecular formula is C9H19. The van der Waals surface area contributed by atoms with Crippen LogP contribution in [0.15, 0.2) is 0 Å². The van der Waals surface area contributed by atoms with E-state index in [1.54, 1.807) is 0 Å². The predicted octanol–water partition coefficient (Wildman–Crippen LogP) is 3.28. The summed E-state index contributed by atoms with van der Waals surface area (Å²) < 4.78 is 0. The van der Waals surface area contributed by atoms with Gasteiger partial charge in [0.2, 0.25) is 0 Å². The molecule has 9 heavy (non-hydrogen) atoms. The molecule has 0 heterocycles. The van der Waals surface area contributed by atoms with Crippen LogP contribution in [-0.2, 0) is 0 Å². The molecule has 0 spiro atoms. The van der Waals surface area contributed by atoms with Crippen LogP contribution in [0, 0.1) is 17.8 Å². The standard InChI is InChI=1S/C9H19/c1-6-8(3)9(4,5)7-2/h6,8H,7H2,1-5H3. The zero-order chi connectivity index (χ0) is 7.49. The summed E-state index contributed by atoms with van der Waals surface area (Å²) in [5, 5.41) is 0. The molecule has 0 heteroatoms. The highest BCUT2D eigenvalue weighted by Gasteiger charge is 2.21. The lowest BCUT2D eigenvalue weighted by atomic mass is 9.77. The van der Waals surface area contributed by atoms with Crippen molar-refractivity contribution in [2.24, 2.45) is 11.3 Å². The lowest BCUT2D eigenvalue weighted by Gasteiger charge is -2.29. The van der Waals surface area contributed by atoms with E-state index in [1.165, 1.54) is 6.42 Å². The molecule has 0 saturated carbocycles. The fourth-order valence-corrected chi connectivity index (χ4v) is 0.773. The predicted molar refractivity (Wildman–Crippen MR) is 43.2 cm³/mol. The van der Waals surface area contributed by atoms with Gasteiger partial charge in [0.05, 0.1) is 0 Å². The van der Waals surface area contributed by atoms with E-state index in [0.717, 1.165) is 5.92 Å². The Kier molecular flexibility index (Phi) is 3.24. The Morgan fingerprint density at radius 3 is 2.00 bits per heavy atom. The van der Waals surface area contributed by atoms with Crippen molar-refractivity contribution < 1.29 is 0 Å². The van der Waals surface area contributed by atoms with Gasteiger partial charge in [-0.3, -0.25) is 0 Å². The highest BCUT2D eigenvalue weighted by Crippen LogP contribution is 2.31. The average Bonchev–Trinajstić information content (AvgIpc) is 1.86. The molecule has 0 aliphatic rings. The van der Waals surface area contributed by atoms with Gasteiger partial charge in [-0.25, -0.2) is 0 Å². The van der Waals surface area contributed by atoms with Crippen molar-refractivity contribution in [1.29, 1.82) is 0 Å². The minimum absolute atomic E-state index is 0.495. The largest absolute Gasteiger partial charge is 0.0649 e. The van der Waals surface area contributed by atoms with Crippen LogP contribution in [0.25, 0.3) is 0 Å². The van der Waals surface area contributed by atoms with Gasteiger partial charge in [0, 0.05) is 0 Å². The molecule has 0 fully saturated rings. The molecule has 55 valence electrons.